The Kier molecular flexibility index (Phi) is 7.09. The van der Waals surface area contributed by atoms with Crippen molar-refractivity contribution in [2.75, 3.05) is 13.6 Å². The molecule has 0 atom stereocenters. The van der Waals surface area contributed by atoms with Crippen LogP contribution < -0.4 is 5.73 Å². The van der Waals surface area contributed by atoms with Gasteiger partial charge in [-0.1, -0.05) is 54.6 Å². The highest BCUT2D eigenvalue weighted by Crippen LogP contribution is 2.22. The number of ketones is 1. The van der Waals surface area contributed by atoms with Gasteiger partial charge in [-0.2, -0.15) is 0 Å². The maximum atomic E-state index is 13.3. The Bertz CT molecular complexity index is 1030. The van der Waals surface area contributed by atoms with E-state index < -0.39 is 0 Å². The van der Waals surface area contributed by atoms with E-state index >= 15 is 0 Å². The third-order valence-electron chi connectivity index (χ3n) is 5.02. The molecule has 154 valence electrons. The molecule has 0 unspecified atom stereocenters. The SMILES string of the molecule is CN(Cc1cccc(-c2ccc(C(=O)CCc3cccc(F)c3)cc2)c1)C(=O)CN. The van der Waals surface area contributed by atoms with Gasteiger partial charge in [-0.05, 0) is 46.9 Å². The molecular formula is C25H25FN2O2. The molecule has 0 spiro atoms. The summed E-state index contributed by atoms with van der Waals surface area (Å²) in [6.45, 7) is 0.478. The summed E-state index contributed by atoms with van der Waals surface area (Å²) in [5.74, 6) is -0.367. The van der Waals surface area contributed by atoms with Gasteiger partial charge in [0.1, 0.15) is 5.82 Å². The normalized spacial score (nSPS) is 10.6. The van der Waals surface area contributed by atoms with Crippen molar-refractivity contribution < 1.29 is 14.0 Å². The molecule has 1 amide bonds. The first-order valence-electron chi connectivity index (χ1n) is 9.87. The molecule has 3 aromatic rings. The van der Waals surface area contributed by atoms with Gasteiger partial charge in [0, 0.05) is 25.6 Å². The Labute approximate surface area is 176 Å². The van der Waals surface area contributed by atoms with Crippen molar-refractivity contribution in [3.63, 3.8) is 0 Å². The average Bonchev–Trinajstić information content (AvgIpc) is 2.77. The number of rotatable bonds is 8. The van der Waals surface area contributed by atoms with Crippen molar-refractivity contribution in [2.45, 2.75) is 19.4 Å². The Hall–Kier alpha value is -3.31. The lowest BCUT2D eigenvalue weighted by atomic mass is 9.98. The fraction of sp³-hybridized carbons (Fsp3) is 0.200. The summed E-state index contributed by atoms with van der Waals surface area (Å²) in [5.41, 5.74) is 9.88. The summed E-state index contributed by atoms with van der Waals surface area (Å²) in [4.78, 5) is 25.8. The van der Waals surface area contributed by atoms with Crippen LogP contribution >= 0.6 is 0 Å². The molecule has 0 aliphatic rings. The third kappa shape index (κ3) is 5.61. The van der Waals surface area contributed by atoms with Crippen molar-refractivity contribution in [1.29, 1.82) is 0 Å². The fourth-order valence-corrected chi connectivity index (χ4v) is 3.31. The highest BCUT2D eigenvalue weighted by atomic mass is 19.1. The first-order valence-corrected chi connectivity index (χ1v) is 9.87. The van der Waals surface area contributed by atoms with E-state index in [4.69, 9.17) is 5.73 Å². The fourth-order valence-electron chi connectivity index (χ4n) is 3.31. The number of carbonyl (C=O) groups excluding carboxylic acids is 2. The third-order valence-corrected chi connectivity index (χ3v) is 5.02. The minimum Gasteiger partial charge on any atom is -0.340 e. The number of halogens is 1. The van der Waals surface area contributed by atoms with Crippen LogP contribution in [0.25, 0.3) is 11.1 Å². The van der Waals surface area contributed by atoms with E-state index in [1.165, 1.54) is 12.1 Å². The average molecular weight is 404 g/mol. The first kappa shape index (κ1) is 21.4. The van der Waals surface area contributed by atoms with E-state index in [2.05, 4.69) is 0 Å². The standard InChI is InChI=1S/C25H25FN2O2/c1-28(25(30)16-27)17-19-5-2-6-22(14-19)20-9-11-21(12-10-20)24(29)13-8-18-4-3-7-23(26)15-18/h2-7,9-12,14-15H,8,13,16-17,27H2,1H3. The maximum Gasteiger partial charge on any atom is 0.236 e. The van der Waals surface area contributed by atoms with Crippen LogP contribution in [0.3, 0.4) is 0 Å². The van der Waals surface area contributed by atoms with Crippen molar-refractivity contribution in [2.24, 2.45) is 5.73 Å². The van der Waals surface area contributed by atoms with E-state index in [-0.39, 0.29) is 24.1 Å². The number of likely N-dealkylation sites (N-methyl/N-ethyl adjacent to an activating group) is 1. The van der Waals surface area contributed by atoms with Gasteiger partial charge >= 0.3 is 0 Å². The van der Waals surface area contributed by atoms with Gasteiger partial charge in [-0.3, -0.25) is 9.59 Å². The number of Topliss-reactive ketones (excluding diaryl/α,β-unsaturated/α-hetero) is 1. The van der Waals surface area contributed by atoms with Crippen molar-refractivity contribution in [1.82, 2.24) is 4.90 Å². The van der Waals surface area contributed by atoms with E-state index in [1.807, 2.05) is 54.6 Å². The number of aryl methyl sites for hydroxylation is 1. The predicted molar refractivity (Wildman–Crippen MR) is 116 cm³/mol. The van der Waals surface area contributed by atoms with E-state index in [0.717, 1.165) is 22.3 Å². The molecule has 4 nitrogen and oxygen atoms in total. The Morgan fingerprint density at radius 2 is 1.60 bits per heavy atom. The van der Waals surface area contributed by atoms with Crippen LogP contribution in [0.1, 0.15) is 27.9 Å². The Morgan fingerprint density at radius 1 is 0.900 bits per heavy atom. The smallest absolute Gasteiger partial charge is 0.236 e. The van der Waals surface area contributed by atoms with Gasteiger partial charge in [0.2, 0.25) is 5.91 Å². The molecule has 30 heavy (non-hydrogen) atoms. The lowest BCUT2D eigenvalue weighted by Crippen LogP contribution is -2.32. The van der Waals surface area contributed by atoms with Crippen LogP contribution in [0.5, 0.6) is 0 Å². The van der Waals surface area contributed by atoms with Gasteiger partial charge in [-0.25, -0.2) is 4.39 Å². The second kappa shape index (κ2) is 9.94. The Balaban J connectivity index is 1.65. The van der Waals surface area contributed by atoms with Crippen molar-refractivity contribution >= 4 is 11.7 Å². The van der Waals surface area contributed by atoms with Gasteiger partial charge in [0.05, 0.1) is 6.54 Å². The summed E-state index contributed by atoms with van der Waals surface area (Å²) >= 11 is 0. The van der Waals surface area contributed by atoms with Crippen LogP contribution in [0, 0.1) is 5.82 Å². The molecule has 0 aliphatic heterocycles. The highest BCUT2D eigenvalue weighted by Gasteiger charge is 2.09. The number of amides is 1. The molecule has 5 heteroatoms. The lowest BCUT2D eigenvalue weighted by Gasteiger charge is -2.16. The van der Waals surface area contributed by atoms with E-state index in [9.17, 15) is 14.0 Å². The number of hydrogen-bond donors (Lipinski definition) is 1. The summed E-state index contributed by atoms with van der Waals surface area (Å²) in [6.07, 6.45) is 0.842. The zero-order valence-electron chi connectivity index (χ0n) is 17.0. The largest absolute Gasteiger partial charge is 0.340 e. The van der Waals surface area contributed by atoms with E-state index in [0.29, 0.717) is 24.9 Å². The predicted octanol–water partition coefficient (Wildman–Crippen LogP) is 4.23. The summed E-state index contributed by atoms with van der Waals surface area (Å²) < 4.78 is 13.3. The topological polar surface area (TPSA) is 63.4 Å². The molecule has 0 heterocycles. The van der Waals surface area contributed by atoms with Crippen LogP contribution in [-0.4, -0.2) is 30.2 Å². The number of nitrogens with zero attached hydrogens (tertiary/aromatic N) is 1. The molecule has 2 N–H and O–H groups in total. The van der Waals surface area contributed by atoms with Gasteiger partial charge in [-0.15, -0.1) is 0 Å². The zero-order valence-corrected chi connectivity index (χ0v) is 17.0. The number of benzene rings is 3. The number of nitrogens with two attached hydrogens (primary N) is 1. The molecule has 0 bridgehead atoms. The Morgan fingerprint density at radius 3 is 2.30 bits per heavy atom. The highest BCUT2D eigenvalue weighted by molar-refractivity contribution is 5.96. The van der Waals surface area contributed by atoms with Gasteiger partial charge in [0.15, 0.2) is 5.78 Å². The summed E-state index contributed by atoms with van der Waals surface area (Å²) in [6, 6.07) is 21.8. The first-order chi connectivity index (χ1) is 14.5. The summed E-state index contributed by atoms with van der Waals surface area (Å²) in [7, 11) is 1.73. The minimum atomic E-state index is -0.287. The molecule has 0 aromatic heterocycles. The van der Waals surface area contributed by atoms with Crippen LogP contribution in [-0.2, 0) is 17.8 Å². The quantitative estimate of drug-likeness (QED) is 0.572. The zero-order chi connectivity index (χ0) is 21.5. The maximum absolute atomic E-state index is 13.3. The van der Waals surface area contributed by atoms with Gasteiger partial charge in [0.25, 0.3) is 0 Å². The lowest BCUT2D eigenvalue weighted by molar-refractivity contribution is -0.128. The molecule has 0 saturated carbocycles. The molecule has 0 aliphatic carbocycles. The molecule has 0 radical (unpaired) electrons. The van der Waals surface area contributed by atoms with Gasteiger partial charge < -0.3 is 10.6 Å². The monoisotopic (exact) mass is 404 g/mol. The summed E-state index contributed by atoms with van der Waals surface area (Å²) in [5, 5.41) is 0. The van der Waals surface area contributed by atoms with Crippen molar-refractivity contribution in [3.8, 4) is 11.1 Å². The molecule has 0 saturated heterocycles. The van der Waals surface area contributed by atoms with Crippen LogP contribution in [0.15, 0.2) is 72.8 Å². The second-order valence-corrected chi connectivity index (χ2v) is 7.28. The number of hydrogen-bond acceptors (Lipinski definition) is 3. The molecular weight excluding hydrogens is 379 g/mol. The molecule has 3 rings (SSSR count). The van der Waals surface area contributed by atoms with Crippen LogP contribution in [0.2, 0.25) is 0 Å². The minimum absolute atomic E-state index is 0.00903. The van der Waals surface area contributed by atoms with Crippen molar-refractivity contribution in [3.05, 3.63) is 95.3 Å². The van der Waals surface area contributed by atoms with Crippen LogP contribution in [0.4, 0.5) is 4.39 Å². The molecule has 3 aromatic carbocycles. The van der Waals surface area contributed by atoms with E-state index in [1.54, 1.807) is 18.0 Å². The second-order valence-electron chi connectivity index (χ2n) is 7.28. The number of carbonyl (C=O) groups is 2. The molecule has 0 fully saturated rings.